The Kier molecular flexibility index (Phi) is 5.69. The van der Waals surface area contributed by atoms with Gasteiger partial charge in [0.15, 0.2) is 11.5 Å². The van der Waals surface area contributed by atoms with Gasteiger partial charge in [-0.1, -0.05) is 42.5 Å². The standard InChI is InChI=1S/C26H24FN5O/c27-20-10-8-17(9-11-20)15-23(33)32-14-4-7-19(16-32)22-13-12-21-24(28)30-25(31-26(21)29-22)18-5-2-1-3-6-18/h1-3,5-6,8-13,19H,4,7,14-16H2,(H2,28,29,30,31)/t19-/m0/s1. The zero-order valence-corrected chi connectivity index (χ0v) is 18.1. The van der Waals surface area contributed by atoms with Gasteiger partial charge in [-0.15, -0.1) is 0 Å². The highest BCUT2D eigenvalue weighted by Crippen LogP contribution is 2.29. The molecule has 1 aliphatic rings. The quantitative estimate of drug-likeness (QED) is 0.509. The molecule has 2 aromatic heterocycles. The van der Waals surface area contributed by atoms with Gasteiger partial charge >= 0.3 is 0 Å². The second-order valence-electron chi connectivity index (χ2n) is 8.39. The number of nitrogens with zero attached hydrogens (tertiary/aromatic N) is 4. The van der Waals surface area contributed by atoms with Crippen molar-refractivity contribution in [1.29, 1.82) is 0 Å². The van der Waals surface area contributed by atoms with Gasteiger partial charge in [-0.05, 0) is 42.7 Å². The van der Waals surface area contributed by atoms with E-state index in [9.17, 15) is 9.18 Å². The van der Waals surface area contributed by atoms with Crippen LogP contribution in [-0.4, -0.2) is 38.8 Å². The molecule has 7 heteroatoms. The van der Waals surface area contributed by atoms with Crippen LogP contribution in [0.25, 0.3) is 22.4 Å². The first-order valence-corrected chi connectivity index (χ1v) is 11.1. The number of nitrogens with two attached hydrogens (primary N) is 1. The van der Waals surface area contributed by atoms with Crippen LogP contribution in [0.15, 0.2) is 66.7 Å². The number of pyridine rings is 1. The Morgan fingerprint density at radius 2 is 1.79 bits per heavy atom. The summed E-state index contributed by atoms with van der Waals surface area (Å²) >= 11 is 0. The lowest BCUT2D eigenvalue weighted by Crippen LogP contribution is -2.40. The molecule has 1 amide bonds. The van der Waals surface area contributed by atoms with Crippen molar-refractivity contribution in [3.05, 3.63) is 83.8 Å². The molecule has 1 saturated heterocycles. The first-order chi connectivity index (χ1) is 16.1. The van der Waals surface area contributed by atoms with Crippen LogP contribution in [0.2, 0.25) is 0 Å². The van der Waals surface area contributed by atoms with Crippen LogP contribution >= 0.6 is 0 Å². The van der Waals surface area contributed by atoms with Crippen LogP contribution in [0.5, 0.6) is 0 Å². The van der Waals surface area contributed by atoms with Gasteiger partial charge in [-0.3, -0.25) is 4.79 Å². The molecule has 0 bridgehead atoms. The summed E-state index contributed by atoms with van der Waals surface area (Å²) in [6, 6.07) is 19.7. The van der Waals surface area contributed by atoms with Crippen molar-refractivity contribution in [3.63, 3.8) is 0 Å². The molecule has 2 aromatic carbocycles. The topological polar surface area (TPSA) is 85.0 Å². The van der Waals surface area contributed by atoms with Crippen molar-refractivity contribution in [2.75, 3.05) is 18.8 Å². The lowest BCUT2D eigenvalue weighted by molar-refractivity contribution is -0.131. The Bertz CT molecular complexity index is 1290. The minimum Gasteiger partial charge on any atom is -0.383 e. The van der Waals surface area contributed by atoms with E-state index in [1.807, 2.05) is 47.4 Å². The molecular weight excluding hydrogens is 417 g/mol. The highest BCUT2D eigenvalue weighted by atomic mass is 19.1. The van der Waals surface area contributed by atoms with Gasteiger partial charge in [-0.25, -0.2) is 19.3 Å². The van der Waals surface area contributed by atoms with E-state index in [4.69, 9.17) is 10.7 Å². The zero-order chi connectivity index (χ0) is 22.8. The van der Waals surface area contributed by atoms with Gasteiger partial charge in [-0.2, -0.15) is 0 Å². The van der Waals surface area contributed by atoms with Crippen molar-refractivity contribution in [2.24, 2.45) is 0 Å². The Morgan fingerprint density at radius 1 is 1.00 bits per heavy atom. The number of fused-ring (bicyclic) bond motifs is 1. The number of anilines is 1. The van der Waals surface area contributed by atoms with E-state index in [0.717, 1.165) is 41.6 Å². The van der Waals surface area contributed by atoms with E-state index in [-0.39, 0.29) is 24.1 Å². The minimum absolute atomic E-state index is 0.0463. The van der Waals surface area contributed by atoms with E-state index >= 15 is 0 Å². The highest BCUT2D eigenvalue weighted by Gasteiger charge is 2.26. The smallest absolute Gasteiger partial charge is 0.227 e. The number of hydrogen-bond acceptors (Lipinski definition) is 5. The minimum atomic E-state index is -0.300. The number of aromatic nitrogens is 3. The van der Waals surface area contributed by atoms with Crippen LogP contribution < -0.4 is 5.73 Å². The normalized spacial score (nSPS) is 16.2. The van der Waals surface area contributed by atoms with Gasteiger partial charge in [0.25, 0.3) is 0 Å². The number of halogens is 1. The van der Waals surface area contributed by atoms with Gasteiger partial charge in [0, 0.05) is 30.3 Å². The largest absolute Gasteiger partial charge is 0.383 e. The van der Waals surface area contributed by atoms with Gasteiger partial charge in [0.2, 0.25) is 5.91 Å². The summed E-state index contributed by atoms with van der Waals surface area (Å²) in [5.74, 6) is 0.816. The Morgan fingerprint density at radius 3 is 2.58 bits per heavy atom. The molecule has 6 nitrogen and oxygen atoms in total. The maximum atomic E-state index is 13.2. The molecule has 0 aliphatic carbocycles. The van der Waals surface area contributed by atoms with E-state index in [2.05, 4.69) is 9.97 Å². The van der Waals surface area contributed by atoms with Crippen LogP contribution in [0.1, 0.15) is 30.0 Å². The van der Waals surface area contributed by atoms with Crippen LogP contribution in [0.3, 0.4) is 0 Å². The average Bonchev–Trinajstić information content (AvgIpc) is 2.85. The fraction of sp³-hybridized carbons (Fsp3) is 0.231. The lowest BCUT2D eigenvalue weighted by Gasteiger charge is -2.32. The molecule has 1 fully saturated rings. The lowest BCUT2D eigenvalue weighted by atomic mass is 9.93. The summed E-state index contributed by atoms with van der Waals surface area (Å²) in [5.41, 5.74) is 9.36. The summed E-state index contributed by atoms with van der Waals surface area (Å²) in [4.78, 5) is 28.7. The second kappa shape index (κ2) is 8.94. The van der Waals surface area contributed by atoms with E-state index in [1.54, 1.807) is 12.1 Å². The van der Waals surface area contributed by atoms with Crippen molar-refractivity contribution < 1.29 is 9.18 Å². The number of benzene rings is 2. The number of carbonyl (C=O) groups excluding carboxylic acids is 1. The summed E-state index contributed by atoms with van der Waals surface area (Å²) in [5, 5.41) is 0.721. The van der Waals surface area contributed by atoms with Gasteiger partial charge < -0.3 is 10.6 Å². The summed E-state index contributed by atoms with van der Waals surface area (Å²) < 4.78 is 13.2. The van der Waals surface area contributed by atoms with Crippen molar-refractivity contribution in [3.8, 4) is 11.4 Å². The molecule has 166 valence electrons. The third-order valence-corrected chi connectivity index (χ3v) is 6.10. The molecule has 0 spiro atoms. The first-order valence-electron chi connectivity index (χ1n) is 11.1. The van der Waals surface area contributed by atoms with E-state index < -0.39 is 0 Å². The Hall–Kier alpha value is -3.87. The molecule has 0 saturated carbocycles. The number of rotatable bonds is 4. The number of carbonyl (C=O) groups is 1. The molecule has 3 heterocycles. The fourth-order valence-corrected chi connectivity index (χ4v) is 4.33. The van der Waals surface area contributed by atoms with Crippen molar-refractivity contribution >= 4 is 22.8 Å². The average molecular weight is 442 g/mol. The highest BCUT2D eigenvalue weighted by molar-refractivity contribution is 5.87. The van der Waals surface area contributed by atoms with Crippen LogP contribution in [0, 0.1) is 5.82 Å². The number of nitrogen functional groups attached to an aromatic ring is 1. The summed E-state index contributed by atoms with van der Waals surface area (Å²) in [7, 11) is 0. The molecule has 2 N–H and O–H groups in total. The Balaban J connectivity index is 1.37. The Labute approximate surface area is 191 Å². The second-order valence-corrected chi connectivity index (χ2v) is 8.39. The van der Waals surface area contributed by atoms with Crippen LogP contribution in [0.4, 0.5) is 10.2 Å². The van der Waals surface area contributed by atoms with Gasteiger partial charge in [0.1, 0.15) is 11.6 Å². The van der Waals surface area contributed by atoms with E-state index in [0.29, 0.717) is 23.8 Å². The molecule has 0 radical (unpaired) electrons. The molecule has 4 aromatic rings. The number of piperidine rings is 1. The third kappa shape index (κ3) is 4.53. The summed E-state index contributed by atoms with van der Waals surface area (Å²) in [6.07, 6.45) is 2.12. The predicted molar refractivity (Wildman–Crippen MR) is 126 cm³/mol. The first kappa shape index (κ1) is 21.0. The van der Waals surface area contributed by atoms with E-state index in [1.165, 1.54) is 12.1 Å². The fourth-order valence-electron chi connectivity index (χ4n) is 4.33. The molecule has 33 heavy (non-hydrogen) atoms. The number of likely N-dealkylation sites (tertiary alicyclic amines) is 1. The molecular formula is C26H24FN5O. The summed E-state index contributed by atoms with van der Waals surface area (Å²) in [6.45, 7) is 1.32. The SMILES string of the molecule is Nc1nc(-c2ccccc2)nc2nc([C@H]3CCCN(C(=O)Cc4ccc(F)cc4)C3)ccc12. The maximum Gasteiger partial charge on any atom is 0.227 e. The van der Waals surface area contributed by atoms with Crippen molar-refractivity contribution in [2.45, 2.75) is 25.2 Å². The number of hydrogen-bond donors (Lipinski definition) is 1. The van der Waals surface area contributed by atoms with Crippen molar-refractivity contribution in [1.82, 2.24) is 19.9 Å². The van der Waals surface area contributed by atoms with Gasteiger partial charge in [0.05, 0.1) is 11.8 Å². The molecule has 1 aliphatic heterocycles. The monoisotopic (exact) mass is 441 g/mol. The maximum absolute atomic E-state index is 13.2. The molecule has 5 rings (SSSR count). The molecule has 1 atom stereocenters. The zero-order valence-electron chi connectivity index (χ0n) is 18.1. The third-order valence-electron chi connectivity index (χ3n) is 6.10. The number of amides is 1. The molecule has 0 unspecified atom stereocenters. The predicted octanol–water partition coefficient (Wildman–Crippen LogP) is 4.36. The van der Waals surface area contributed by atoms with Crippen LogP contribution in [-0.2, 0) is 11.2 Å².